The highest BCUT2D eigenvalue weighted by molar-refractivity contribution is 6.16. The molecule has 2 rings (SSSR count). The van der Waals surface area contributed by atoms with Gasteiger partial charge in [-0.2, -0.15) is 13.2 Å². The molecule has 0 spiro atoms. The summed E-state index contributed by atoms with van der Waals surface area (Å²) in [6.45, 7) is 6.98. The van der Waals surface area contributed by atoms with Crippen LogP contribution >= 0.6 is 11.6 Å². The number of aromatic nitrogens is 2. The van der Waals surface area contributed by atoms with Gasteiger partial charge in [0.05, 0.1) is 22.5 Å². The predicted octanol–water partition coefficient (Wildman–Crippen LogP) is 5.23. The molecule has 0 saturated carbocycles. The molecule has 0 amide bonds. The largest absolute Gasteiger partial charge is 0.416 e. The number of halogens is 4. The number of hydrogen-bond acceptors (Lipinski definition) is 1. The molecule has 2 nitrogen and oxygen atoms in total. The van der Waals surface area contributed by atoms with Crippen LogP contribution in [0.25, 0.3) is 11.0 Å². The smallest absolute Gasteiger partial charge is 0.326 e. The van der Waals surface area contributed by atoms with Gasteiger partial charge < -0.3 is 4.57 Å². The monoisotopic (exact) mass is 318 g/mol. The van der Waals surface area contributed by atoms with Crippen LogP contribution in [0.1, 0.15) is 38.6 Å². The summed E-state index contributed by atoms with van der Waals surface area (Å²) in [5.74, 6) is 0.781. The second-order valence-electron chi connectivity index (χ2n) is 5.97. The predicted molar refractivity (Wildman–Crippen MR) is 78.4 cm³/mol. The van der Waals surface area contributed by atoms with Crippen LogP contribution in [0.5, 0.6) is 0 Å². The van der Waals surface area contributed by atoms with Gasteiger partial charge >= 0.3 is 6.18 Å². The number of fused-ring (bicyclic) bond motifs is 1. The van der Waals surface area contributed by atoms with E-state index in [0.29, 0.717) is 23.4 Å². The lowest BCUT2D eigenvalue weighted by Crippen LogP contribution is -2.20. The van der Waals surface area contributed by atoms with Crippen LogP contribution < -0.4 is 0 Å². The van der Waals surface area contributed by atoms with Crippen molar-refractivity contribution >= 4 is 22.6 Å². The zero-order chi connectivity index (χ0) is 15.8. The maximum absolute atomic E-state index is 12.8. The molecule has 0 unspecified atom stereocenters. The molecule has 1 heterocycles. The number of hydrogen-bond donors (Lipinski definition) is 0. The van der Waals surface area contributed by atoms with E-state index in [1.807, 2.05) is 4.57 Å². The number of rotatable bonds is 4. The summed E-state index contributed by atoms with van der Waals surface area (Å²) in [6.07, 6.45) is -3.41. The molecule has 0 atom stereocenters. The standard InChI is InChI=1S/C15H18ClF3N2/c1-4-14(2,3)9-21-12-6-5-10(15(17,18)19)7-11(12)20-13(21)8-16/h5-7H,4,8-9H2,1-3H3. The Morgan fingerprint density at radius 2 is 1.90 bits per heavy atom. The maximum Gasteiger partial charge on any atom is 0.416 e. The molecule has 1 aromatic carbocycles. The summed E-state index contributed by atoms with van der Waals surface area (Å²) in [5.41, 5.74) is 0.375. The molecular formula is C15H18ClF3N2. The fourth-order valence-corrected chi connectivity index (χ4v) is 2.38. The van der Waals surface area contributed by atoms with Gasteiger partial charge in [0.25, 0.3) is 0 Å². The van der Waals surface area contributed by atoms with Gasteiger partial charge in [0.2, 0.25) is 0 Å². The van der Waals surface area contributed by atoms with Crippen molar-refractivity contribution in [3.63, 3.8) is 0 Å². The highest BCUT2D eigenvalue weighted by Gasteiger charge is 2.31. The first-order valence-corrected chi connectivity index (χ1v) is 7.34. The van der Waals surface area contributed by atoms with Crippen LogP contribution in [0.4, 0.5) is 13.2 Å². The van der Waals surface area contributed by atoms with Gasteiger partial charge in [0, 0.05) is 6.54 Å². The molecule has 0 aliphatic carbocycles. The highest BCUT2D eigenvalue weighted by atomic mass is 35.5. The van der Waals surface area contributed by atoms with Gasteiger partial charge in [-0.25, -0.2) is 4.98 Å². The topological polar surface area (TPSA) is 17.8 Å². The van der Waals surface area contributed by atoms with Crippen LogP contribution in [0.3, 0.4) is 0 Å². The van der Waals surface area contributed by atoms with Crippen LogP contribution in [0.15, 0.2) is 18.2 Å². The quantitative estimate of drug-likeness (QED) is 0.706. The zero-order valence-corrected chi connectivity index (χ0v) is 13.0. The molecule has 6 heteroatoms. The van der Waals surface area contributed by atoms with Gasteiger partial charge in [-0.15, -0.1) is 11.6 Å². The van der Waals surface area contributed by atoms with Gasteiger partial charge in [-0.1, -0.05) is 20.8 Å². The van der Waals surface area contributed by atoms with Crippen molar-refractivity contribution in [1.29, 1.82) is 0 Å². The van der Waals surface area contributed by atoms with E-state index in [2.05, 4.69) is 25.8 Å². The Balaban J connectivity index is 2.55. The third-order valence-corrected chi connectivity index (χ3v) is 4.06. The van der Waals surface area contributed by atoms with Crippen LogP contribution in [0.2, 0.25) is 0 Å². The Labute approximate surface area is 126 Å². The lowest BCUT2D eigenvalue weighted by Gasteiger charge is -2.24. The fourth-order valence-electron chi connectivity index (χ4n) is 2.17. The van der Waals surface area contributed by atoms with E-state index in [9.17, 15) is 13.2 Å². The third kappa shape index (κ3) is 3.34. The van der Waals surface area contributed by atoms with E-state index in [4.69, 9.17) is 11.6 Å². The Bertz CT molecular complexity index is 644. The number of benzene rings is 1. The summed E-state index contributed by atoms with van der Waals surface area (Å²) >= 11 is 5.90. The van der Waals surface area contributed by atoms with Crippen molar-refractivity contribution in [2.45, 2.75) is 45.8 Å². The molecule has 0 bridgehead atoms. The second-order valence-corrected chi connectivity index (χ2v) is 6.23. The summed E-state index contributed by atoms with van der Waals surface area (Å²) in [5, 5.41) is 0. The van der Waals surface area contributed by atoms with Crippen LogP contribution in [0, 0.1) is 5.41 Å². The summed E-state index contributed by atoms with van der Waals surface area (Å²) in [6, 6.07) is 3.66. The zero-order valence-electron chi connectivity index (χ0n) is 12.3. The number of imidazole rings is 1. The van der Waals surface area contributed by atoms with E-state index in [1.54, 1.807) is 0 Å². The average Bonchev–Trinajstić information content (AvgIpc) is 2.74. The molecule has 2 aromatic rings. The minimum atomic E-state index is -4.36. The Hall–Kier alpha value is -1.23. The number of nitrogens with zero attached hydrogens (tertiary/aromatic N) is 2. The molecule has 0 aliphatic rings. The average molecular weight is 319 g/mol. The molecule has 0 saturated heterocycles. The van der Waals surface area contributed by atoms with E-state index in [0.717, 1.165) is 18.6 Å². The minimum absolute atomic E-state index is 0.0249. The number of alkyl halides is 4. The lowest BCUT2D eigenvalue weighted by atomic mass is 9.90. The van der Waals surface area contributed by atoms with Gasteiger partial charge in [0.1, 0.15) is 5.82 Å². The molecular weight excluding hydrogens is 301 g/mol. The van der Waals surface area contributed by atoms with Crippen molar-refractivity contribution in [3.05, 3.63) is 29.6 Å². The SMILES string of the molecule is CCC(C)(C)Cn1c(CCl)nc2cc(C(F)(F)F)ccc21. The molecule has 0 fully saturated rings. The van der Waals surface area contributed by atoms with E-state index in [1.165, 1.54) is 6.07 Å². The summed E-state index contributed by atoms with van der Waals surface area (Å²) < 4.78 is 40.2. The van der Waals surface area contributed by atoms with Gasteiger partial charge in [0.15, 0.2) is 0 Å². The van der Waals surface area contributed by atoms with Crippen LogP contribution in [-0.4, -0.2) is 9.55 Å². The summed E-state index contributed by atoms with van der Waals surface area (Å²) in [4.78, 5) is 4.25. The highest BCUT2D eigenvalue weighted by Crippen LogP contribution is 2.33. The first-order chi connectivity index (χ1) is 9.68. The summed E-state index contributed by atoms with van der Waals surface area (Å²) in [7, 11) is 0. The normalized spacial score (nSPS) is 13.1. The first-order valence-electron chi connectivity index (χ1n) is 6.80. The van der Waals surface area contributed by atoms with Crippen molar-refractivity contribution in [2.24, 2.45) is 5.41 Å². The van der Waals surface area contributed by atoms with E-state index < -0.39 is 11.7 Å². The van der Waals surface area contributed by atoms with Crippen molar-refractivity contribution in [1.82, 2.24) is 9.55 Å². The van der Waals surface area contributed by atoms with Crippen molar-refractivity contribution in [3.8, 4) is 0 Å². The Kier molecular flexibility index (Phi) is 4.24. The molecule has 0 aliphatic heterocycles. The van der Waals surface area contributed by atoms with E-state index >= 15 is 0 Å². The minimum Gasteiger partial charge on any atom is -0.326 e. The van der Waals surface area contributed by atoms with Crippen molar-refractivity contribution < 1.29 is 13.2 Å². The molecule has 21 heavy (non-hydrogen) atoms. The maximum atomic E-state index is 12.8. The second kappa shape index (κ2) is 5.52. The van der Waals surface area contributed by atoms with Crippen molar-refractivity contribution in [2.75, 3.05) is 0 Å². The molecule has 1 aromatic heterocycles. The van der Waals surface area contributed by atoms with Gasteiger partial charge in [-0.05, 0) is 30.0 Å². The molecule has 0 N–H and O–H groups in total. The van der Waals surface area contributed by atoms with Gasteiger partial charge in [-0.3, -0.25) is 0 Å². The lowest BCUT2D eigenvalue weighted by molar-refractivity contribution is -0.137. The first kappa shape index (κ1) is 16.1. The fraction of sp³-hybridized carbons (Fsp3) is 0.533. The third-order valence-electron chi connectivity index (χ3n) is 3.82. The molecule has 0 radical (unpaired) electrons. The Morgan fingerprint density at radius 1 is 1.24 bits per heavy atom. The van der Waals surface area contributed by atoms with E-state index in [-0.39, 0.29) is 11.3 Å². The van der Waals surface area contributed by atoms with Crippen LogP contribution in [-0.2, 0) is 18.6 Å². The molecule has 116 valence electrons. The Morgan fingerprint density at radius 3 is 2.43 bits per heavy atom.